The van der Waals surface area contributed by atoms with Crippen molar-refractivity contribution < 1.29 is 4.39 Å². The van der Waals surface area contributed by atoms with E-state index in [0.29, 0.717) is 24.3 Å². The van der Waals surface area contributed by atoms with Crippen LogP contribution in [0.5, 0.6) is 0 Å². The van der Waals surface area contributed by atoms with Crippen LogP contribution in [0.2, 0.25) is 0 Å². The van der Waals surface area contributed by atoms with Gasteiger partial charge in [-0.3, -0.25) is 0 Å². The maximum absolute atomic E-state index is 13.6. The molecule has 0 amide bonds. The van der Waals surface area contributed by atoms with E-state index in [2.05, 4.69) is 15.4 Å². The second kappa shape index (κ2) is 5.27. The fourth-order valence-corrected chi connectivity index (χ4v) is 1.59. The molecule has 1 aromatic heterocycles. The van der Waals surface area contributed by atoms with Gasteiger partial charge in [-0.25, -0.2) is 14.1 Å². The first-order valence-electron chi connectivity index (χ1n) is 5.54. The summed E-state index contributed by atoms with van der Waals surface area (Å²) in [5.41, 5.74) is 0.648. The Morgan fingerprint density at radius 1 is 1.50 bits per heavy atom. The third-order valence-corrected chi connectivity index (χ3v) is 2.53. The lowest BCUT2D eigenvalue weighted by Gasteiger charge is -2.07. The summed E-state index contributed by atoms with van der Waals surface area (Å²) in [5.74, 6) is 0.290. The molecule has 0 fully saturated rings. The molecule has 6 heteroatoms. The number of nitrogens with one attached hydrogen (secondary N) is 1. The predicted molar refractivity (Wildman–Crippen MR) is 64.1 cm³/mol. The van der Waals surface area contributed by atoms with Gasteiger partial charge in [0.2, 0.25) is 0 Å². The van der Waals surface area contributed by atoms with Crippen molar-refractivity contribution in [3.05, 3.63) is 41.7 Å². The molecule has 0 saturated carbocycles. The van der Waals surface area contributed by atoms with Gasteiger partial charge in [-0.05, 0) is 25.1 Å². The van der Waals surface area contributed by atoms with E-state index < -0.39 is 5.82 Å². The smallest absolute Gasteiger partial charge is 0.147 e. The summed E-state index contributed by atoms with van der Waals surface area (Å²) in [7, 11) is 0. The number of aryl methyl sites for hydroxylation is 1. The van der Waals surface area contributed by atoms with Gasteiger partial charge in [-0.1, -0.05) is 0 Å². The zero-order valence-electron chi connectivity index (χ0n) is 9.89. The van der Waals surface area contributed by atoms with Gasteiger partial charge in [0.05, 0.1) is 23.9 Å². The van der Waals surface area contributed by atoms with Crippen molar-refractivity contribution >= 4 is 5.69 Å². The molecule has 18 heavy (non-hydrogen) atoms. The van der Waals surface area contributed by atoms with Crippen LogP contribution in [-0.4, -0.2) is 14.8 Å². The number of hydrogen-bond acceptors (Lipinski definition) is 4. The molecule has 2 aromatic rings. The number of anilines is 1. The lowest BCUT2D eigenvalue weighted by molar-refractivity contribution is 0.614. The molecule has 0 radical (unpaired) electrons. The molecule has 0 aliphatic carbocycles. The summed E-state index contributed by atoms with van der Waals surface area (Å²) in [5, 5.41) is 15.6. The molecule has 0 aliphatic rings. The van der Waals surface area contributed by atoms with E-state index in [1.807, 2.05) is 13.0 Å². The Morgan fingerprint density at radius 2 is 2.33 bits per heavy atom. The van der Waals surface area contributed by atoms with Gasteiger partial charge in [-0.15, -0.1) is 0 Å². The number of nitriles is 1. The molecular formula is C12H12FN5. The largest absolute Gasteiger partial charge is 0.375 e. The summed E-state index contributed by atoms with van der Waals surface area (Å²) >= 11 is 0. The van der Waals surface area contributed by atoms with Gasteiger partial charge in [-0.2, -0.15) is 10.4 Å². The number of hydrogen-bond donors (Lipinski definition) is 1. The van der Waals surface area contributed by atoms with E-state index in [9.17, 15) is 4.39 Å². The molecule has 0 unspecified atom stereocenters. The summed E-state index contributed by atoms with van der Waals surface area (Å²) < 4.78 is 15.3. The standard InChI is InChI=1S/C12H12FN5/c1-2-18-12(16-8-17-18)7-15-11-4-3-9(6-14)5-10(11)13/h3-5,8,15H,2,7H2,1H3. The normalized spacial score (nSPS) is 10.1. The molecular weight excluding hydrogens is 233 g/mol. The van der Waals surface area contributed by atoms with Crippen LogP contribution in [0.3, 0.4) is 0 Å². The highest BCUT2D eigenvalue weighted by molar-refractivity contribution is 5.48. The van der Waals surface area contributed by atoms with Crippen molar-refractivity contribution in [1.29, 1.82) is 5.26 Å². The monoisotopic (exact) mass is 245 g/mol. The highest BCUT2D eigenvalue weighted by Crippen LogP contribution is 2.15. The number of rotatable bonds is 4. The first-order valence-corrected chi connectivity index (χ1v) is 5.54. The molecule has 1 N–H and O–H groups in total. The van der Waals surface area contributed by atoms with Gasteiger partial charge in [0, 0.05) is 6.54 Å². The minimum absolute atomic E-state index is 0.301. The van der Waals surface area contributed by atoms with Crippen LogP contribution in [-0.2, 0) is 13.1 Å². The summed E-state index contributed by atoms with van der Waals surface area (Å²) in [6.45, 7) is 3.06. The quantitative estimate of drug-likeness (QED) is 0.893. The third-order valence-electron chi connectivity index (χ3n) is 2.53. The number of nitrogens with zero attached hydrogens (tertiary/aromatic N) is 4. The minimum Gasteiger partial charge on any atom is -0.375 e. The molecule has 0 aliphatic heterocycles. The lowest BCUT2D eigenvalue weighted by atomic mass is 10.2. The molecule has 1 aromatic carbocycles. The number of halogens is 1. The predicted octanol–water partition coefficient (Wildman–Crippen LogP) is 1.92. The van der Waals surface area contributed by atoms with Crippen LogP contribution < -0.4 is 5.32 Å². The second-order valence-electron chi connectivity index (χ2n) is 3.65. The van der Waals surface area contributed by atoms with Gasteiger partial charge in [0.1, 0.15) is 18.0 Å². The maximum atomic E-state index is 13.6. The van der Waals surface area contributed by atoms with Crippen molar-refractivity contribution in [3.8, 4) is 6.07 Å². The van der Waals surface area contributed by atoms with Crippen LogP contribution in [0.25, 0.3) is 0 Å². The zero-order chi connectivity index (χ0) is 13.0. The van der Waals surface area contributed by atoms with Crippen LogP contribution in [0.15, 0.2) is 24.5 Å². The van der Waals surface area contributed by atoms with Crippen LogP contribution >= 0.6 is 0 Å². The van der Waals surface area contributed by atoms with Crippen molar-refractivity contribution in [1.82, 2.24) is 14.8 Å². The first-order chi connectivity index (χ1) is 8.74. The van der Waals surface area contributed by atoms with Crippen LogP contribution in [0.4, 0.5) is 10.1 Å². The van der Waals surface area contributed by atoms with E-state index in [1.54, 1.807) is 16.8 Å². The van der Waals surface area contributed by atoms with Gasteiger partial charge in [0.15, 0.2) is 0 Å². The zero-order valence-corrected chi connectivity index (χ0v) is 9.89. The van der Waals surface area contributed by atoms with Crippen molar-refractivity contribution in [2.75, 3.05) is 5.32 Å². The Labute approximate surface area is 104 Å². The third kappa shape index (κ3) is 2.46. The average Bonchev–Trinajstić information content (AvgIpc) is 2.84. The molecule has 1 heterocycles. The topological polar surface area (TPSA) is 66.5 Å². The lowest BCUT2D eigenvalue weighted by Crippen LogP contribution is -2.09. The van der Waals surface area contributed by atoms with E-state index in [-0.39, 0.29) is 0 Å². The SMILES string of the molecule is CCn1ncnc1CNc1ccc(C#N)cc1F. The fraction of sp³-hybridized carbons (Fsp3) is 0.250. The molecule has 0 saturated heterocycles. The minimum atomic E-state index is -0.448. The number of aromatic nitrogens is 3. The molecule has 2 rings (SSSR count). The van der Waals surface area contributed by atoms with Crippen molar-refractivity contribution in [2.45, 2.75) is 20.0 Å². The Balaban J connectivity index is 2.09. The molecule has 92 valence electrons. The van der Waals surface area contributed by atoms with Crippen LogP contribution in [0.1, 0.15) is 18.3 Å². The van der Waals surface area contributed by atoms with E-state index >= 15 is 0 Å². The van der Waals surface area contributed by atoms with E-state index in [0.717, 1.165) is 5.82 Å². The van der Waals surface area contributed by atoms with Crippen molar-refractivity contribution in [2.24, 2.45) is 0 Å². The van der Waals surface area contributed by atoms with Gasteiger partial charge >= 0.3 is 0 Å². The first kappa shape index (κ1) is 12.0. The second-order valence-corrected chi connectivity index (χ2v) is 3.65. The Kier molecular flexibility index (Phi) is 3.53. The maximum Gasteiger partial charge on any atom is 0.147 e. The summed E-state index contributed by atoms with van der Waals surface area (Å²) in [4.78, 5) is 4.08. The fourth-order valence-electron chi connectivity index (χ4n) is 1.59. The van der Waals surface area contributed by atoms with E-state index in [4.69, 9.17) is 5.26 Å². The van der Waals surface area contributed by atoms with Crippen LogP contribution in [0, 0.1) is 17.1 Å². The Bertz CT molecular complexity index is 584. The summed E-state index contributed by atoms with van der Waals surface area (Å²) in [6.07, 6.45) is 1.47. The number of benzene rings is 1. The average molecular weight is 245 g/mol. The van der Waals surface area contributed by atoms with Gasteiger partial charge in [0.25, 0.3) is 0 Å². The van der Waals surface area contributed by atoms with Crippen molar-refractivity contribution in [3.63, 3.8) is 0 Å². The molecule has 0 atom stereocenters. The van der Waals surface area contributed by atoms with E-state index in [1.165, 1.54) is 12.4 Å². The molecule has 0 spiro atoms. The Morgan fingerprint density at radius 3 is 3.00 bits per heavy atom. The highest BCUT2D eigenvalue weighted by Gasteiger charge is 2.06. The Hall–Kier alpha value is -2.42. The molecule has 5 nitrogen and oxygen atoms in total. The van der Waals surface area contributed by atoms with Gasteiger partial charge < -0.3 is 5.32 Å². The molecule has 0 bridgehead atoms. The highest BCUT2D eigenvalue weighted by atomic mass is 19.1. The summed E-state index contributed by atoms with van der Waals surface area (Å²) in [6, 6.07) is 6.20.